The van der Waals surface area contributed by atoms with Crippen LogP contribution in [0.25, 0.3) is 69.2 Å². The largest absolute Gasteiger partial charge is 0.310 e. The van der Waals surface area contributed by atoms with Crippen molar-refractivity contribution in [2.24, 2.45) is 0 Å². The van der Waals surface area contributed by atoms with E-state index in [4.69, 9.17) is 0 Å². The van der Waals surface area contributed by atoms with E-state index < -0.39 is 0 Å². The molecular formula is C68H46N4S. The predicted molar refractivity (Wildman–Crippen MR) is 313 cm³/mol. The molecule has 0 atom stereocenters. The average molecular weight is 951 g/mol. The molecule has 0 aliphatic heterocycles. The van der Waals surface area contributed by atoms with Crippen molar-refractivity contribution in [2.75, 3.05) is 14.7 Å². The smallest absolute Gasteiger partial charge is 0.0542 e. The van der Waals surface area contributed by atoms with Crippen LogP contribution in [0.2, 0.25) is 0 Å². The Bertz CT molecular complexity index is 4340. The number of para-hydroxylation sites is 4. The summed E-state index contributed by atoms with van der Waals surface area (Å²) in [7, 11) is 0. The van der Waals surface area contributed by atoms with Gasteiger partial charge in [-0.15, -0.1) is 11.3 Å². The molecule has 12 aromatic carbocycles. The number of aromatic nitrogens is 1. The summed E-state index contributed by atoms with van der Waals surface area (Å²) >= 11 is 1.85. The molecule has 0 saturated carbocycles. The zero-order valence-electron chi connectivity index (χ0n) is 39.8. The number of thiophene rings is 1. The SMILES string of the molecule is c1ccc(N(c2cccc(N(c3ccc4c(c3)c3ccccc3n4-c3ccccc3)c3cccc4ccccc34)c2)c2ccc3c(c2)sc2ccc(N(c4ccccc4)c4cccc5ccccc45)cc23)cc1. The second-order valence-electron chi connectivity index (χ2n) is 18.5. The Morgan fingerprint density at radius 3 is 1.38 bits per heavy atom. The van der Waals surface area contributed by atoms with Crippen LogP contribution in [0.1, 0.15) is 0 Å². The van der Waals surface area contributed by atoms with Crippen LogP contribution in [0, 0.1) is 0 Å². The molecule has 14 rings (SSSR count). The maximum atomic E-state index is 2.44. The van der Waals surface area contributed by atoms with Gasteiger partial charge in [-0.05, 0) is 132 Å². The first-order chi connectivity index (χ1) is 36.2. The first-order valence-corrected chi connectivity index (χ1v) is 25.6. The van der Waals surface area contributed by atoms with Crippen molar-refractivity contribution in [3.63, 3.8) is 0 Å². The molecule has 0 aliphatic rings. The lowest BCUT2D eigenvalue weighted by molar-refractivity contribution is 1.18. The zero-order chi connectivity index (χ0) is 48.2. The molecule has 0 radical (unpaired) electrons. The number of hydrogen-bond donors (Lipinski definition) is 0. The van der Waals surface area contributed by atoms with Crippen LogP contribution in [0.15, 0.2) is 279 Å². The van der Waals surface area contributed by atoms with E-state index in [0.29, 0.717) is 0 Å². The minimum atomic E-state index is 1.06. The van der Waals surface area contributed by atoms with E-state index >= 15 is 0 Å². The fraction of sp³-hybridized carbons (Fsp3) is 0. The van der Waals surface area contributed by atoms with Gasteiger partial charge < -0.3 is 19.3 Å². The highest BCUT2D eigenvalue weighted by Gasteiger charge is 2.23. The fourth-order valence-corrected chi connectivity index (χ4v) is 12.1. The number of benzene rings is 12. The summed E-state index contributed by atoms with van der Waals surface area (Å²) in [5.74, 6) is 0. The minimum Gasteiger partial charge on any atom is -0.310 e. The molecule has 5 heteroatoms. The highest BCUT2D eigenvalue weighted by molar-refractivity contribution is 7.25. The lowest BCUT2D eigenvalue weighted by atomic mass is 10.0. The third-order valence-corrected chi connectivity index (χ3v) is 15.4. The second-order valence-corrected chi connectivity index (χ2v) is 19.6. The van der Waals surface area contributed by atoms with E-state index in [1.54, 1.807) is 0 Å². The average Bonchev–Trinajstić information content (AvgIpc) is 3.99. The Labute approximate surface area is 427 Å². The van der Waals surface area contributed by atoms with Crippen molar-refractivity contribution >= 4 is 126 Å². The number of nitrogens with zero attached hydrogens (tertiary/aromatic N) is 4. The van der Waals surface area contributed by atoms with Crippen LogP contribution in [0.4, 0.5) is 51.2 Å². The molecule has 0 N–H and O–H groups in total. The summed E-state index contributed by atoms with van der Waals surface area (Å²) in [5, 5.41) is 9.72. The second kappa shape index (κ2) is 17.8. The predicted octanol–water partition coefficient (Wildman–Crippen LogP) is 19.9. The van der Waals surface area contributed by atoms with Crippen LogP contribution >= 0.6 is 11.3 Å². The van der Waals surface area contributed by atoms with Crippen molar-refractivity contribution in [1.82, 2.24) is 4.57 Å². The summed E-state index contributed by atoms with van der Waals surface area (Å²) in [6.45, 7) is 0. The maximum absolute atomic E-state index is 2.44. The third kappa shape index (κ3) is 7.37. The normalized spacial score (nSPS) is 11.6. The first kappa shape index (κ1) is 42.5. The van der Waals surface area contributed by atoms with Crippen LogP contribution in [-0.2, 0) is 0 Å². The van der Waals surface area contributed by atoms with Crippen LogP contribution in [-0.4, -0.2) is 4.57 Å². The summed E-state index contributed by atoms with van der Waals surface area (Å²) in [6, 6.07) is 101. The standard InChI is InChI=1S/C68H46N4S/c1-4-23-49(24-5-1)69(56-37-40-60-62-45-55(39-42-67(62)73-68(60)46-56)70(50-25-6-2-7-26-50)63-35-16-21-47-19-10-12-31-57(47)63)52-29-18-30-53(43-52)71(64-36-17-22-48-20-11-13-32-58(48)64)54-38-41-66-61(44-54)59-33-14-15-34-65(59)72(66)51-27-8-3-9-28-51/h1-46H. The molecule has 0 fully saturated rings. The molecular weight excluding hydrogens is 905 g/mol. The van der Waals surface area contributed by atoms with E-state index in [1.165, 1.54) is 63.5 Å². The van der Waals surface area contributed by atoms with Gasteiger partial charge in [0.15, 0.2) is 0 Å². The highest BCUT2D eigenvalue weighted by atomic mass is 32.1. The van der Waals surface area contributed by atoms with Gasteiger partial charge in [-0.3, -0.25) is 0 Å². The zero-order valence-corrected chi connectivity index (χ0v) is 40.6. The van der Waals surface area contributed by atoms with E-state index in [0.717, 1.165) is 56.9 Å². The molecule has 2 aromatic heterocycles. The third-order valence-electron chi connectivity index (χ3n) is 14.3. The molecule has 73 heavy (non-hydrogen) atoms. The molecule has 0 amide bonds. The Kier molecular flexibility index (Phi) is 10.3. The molecule has 0 unspecified atom stereocenters. The monoisotopic (exact) mass is 950 g/mol. The Hall–Kier alpha value is -9.42. The van der Waals surface area contributed by atoms with E-state index in [2.05, 4.69) is 298 Å². The van der Waals surface area contributed by atoms with E-state index in [1.807, 2.05) is 11.3 Å². The quantitative estimate of drug-likeness (QED) is 0.136. The number of rotatable bonds is 10. The van der Waals surface area contributed by atoms with Crippen molar-refractivity contribution in [3.8, 4) is 5.69 Å². The number of anilines is 9. The topological polar surface area (TPSA) is 14.7 Å². The van der Waals surface area contributed by atoms with Gasteiger partial charge in [0.2, 0.25) is 0 Å². The Morgan fingerprint density at radius 1 is 0.247 bits per heavy atom. The summed E-state index contributed by atoms with van der Waals surface area (Å²) in [5.41, 5.74) is 13.4. The lowest BCUT2D eigenvalue weighted by Gasteiger charge is -2.30. The molecule has 0 aliphatic carbocycles. The van der Waals surface area contributed by atoms with Crippen molar-refractivity contribution in [1.29, 1.82) is 0 Å². The fourth-order valence-electron chi connectivity index (χ4n) is 11.0. The van der Waals surface area contributed by atoms with Gasteiger partial charge in [-0.2, -0.15) is 0 Å². The molecule has 0 spiro atoms. The molecule has 0 bridgehead atoms. The van der Waals surface area contributed by atoms with E-state index in [-0.39, 0.29) is 0 Å². The number of fused-ring (bicyclic) bond motifs is 8. The van der Waals surface area contributed by atoms with Crippen LogP contribution in [0.5, 0.6) is 0 Å². The Balaban J connectivity index is 0.911. The molecule has 4 nitrogen and oxygen atoms in total. The lowest BCUT2D eigenvalue weighted by Crippen LogP contribution is -2.13. The Morgan fingerprint density at radius 2 is 0.699 bits per heavy atom. The van der Waals surface area contributed by atoms with Crippen molar-refractivity contribution in [2.45, 2.75) is 0 Å². The van der Waals surface area contributed by atoms with Gasteiger partial charge >= 0.3 is 0 Å². The molecule has 2 heterocycles. The van der Waals surface area contributed by atoms with Crippen molar-refractivity contribution < 1.29 is 0 Å². The van der Waals surface area contributed by atoms with Gasteiger partial charge in [0.05, 0.1) is 22.4 Å². The first-order valence-electron chi connectivity index (χ1n) is 24.8. The summed E-state index contributed by atoms with van der Waals surface area (Å²) in [6.07, 6.45) is 0. The van der Waals surface area contributed by atoms with Crippen LogP contribution in [0.3, 0.4) is 0 Å². The summed E-state index contributed by atoms with van der Waals surface area (Å²) < 4.78 is 4.87. The van der Waals surface area contributed by atoms with Gasteiger partial charge in [-0.25, -0.2) is 0 Å². The van der Waals surface area contributed by atoms with Crippen LogP contribution < -0.4 is 14.7 Å². The maximum Gasteiger partial charge on any atom is 0.0542 e. The van der Waals surface area contributed by atoms with E-state index in [9.17, 15) is 0 Å². The minimum absolute atomic E-state index is 1.06. The van der Waals surface area contributed by atoms with Gasteiger partial charge in [-0.1, -0.05) is 158 Å². The highest BCUT2D eigenvalue weighted by Crippen LogP contribution is 2.47. The molecule has 14 aromatic rings. The number of hydrogen-bond acceptors (Lipinski definition) is 4. The van der Waals surface area contributed by atoms with Gasteiger partial charge in [0.1, 0.15) is 0 Å². The molecule has 0 saturated heterocycles. The van der Waals surface area contributed by atoms with Crippen molar-refractivity contribution in [3.05, 3.63) is 279 Å². The summed E-state index contributed by atoms with van der Waals surface area (Å²) in [4.78, 5) is 7.23. The molecule has 344 valence electrons. The van der Waals surface area contributed by atoms with Gasteiger partial charge in [0, 0.05) is 87.2 Å². The van der Waals surface area contributed by atoms with Gasteiger partial charge in [0.25, 0.3) is 0 Å².